The fourth-order valence-corrected chi connectivity index (χ4v) is 3.99. The number of hydrogen-bond acceptors (Lipinski definition) is 2. The van der Waals surface area contributed by atoms with Crippen molar-refractivity contribution < 1.29 is 4.90 Å². The van der Waals surface area contributed by atoms with Crippen LogP contribution < -0.4 is 10.2 Å². The minimum absolute atomic E-state index is 0.745. The summed E-state index contributed by atoms with van der Waals surface area (Å²) in [6.07, 6.45) is 1.84. The van der Waals surface area contributed by atoms with E-state index < -0.39 is 0 Å². The largest absolute Gasteiger partial charge is 0.359 e. The highest BCUT2D eigenvalue weighted by molar-refractivity contribution is 9.11. The van der Waals surface area contributed by atoms with Gasteiger partial charge in [-0.05, 0) is 40.3 Å². The molecule has 1 aliphatic rings. The third-order valence-corrected chi connectivity index (χ3v) is 5.23. The van der Waals surface area contributed by atoms with Gasteiger partial charge in [0.25, 0.3) is 0 Å². The lowest BCUT2D eigenvalue weighted by Gasteiger charge is -2.33. The lowest BCUT2D eigenvalue weighted by molar-refractivity contribution is -0.917. The summed E-state index contributed by atoms with van der Waals surface area (Å²) < 4.78 is 1.22. The lowest BCUT2D eigenvalue weighted by Crippen LogP contribution is -3.13. The zero-order valence-corrected chi connectivity index (χ0v) is 14.0. The summed E-state index contributed by atoms with van der Waals surface area (Å²) in [6.45, 7) is 9.91. The Kier molecular flexibility index (Phi) is 5.81. The standard InChI is InChI=1S/C13H18BrN3S2/c1-2-5-15-13(18)17-8-6-16(7-9-17)10-11-3-4-12(14)19-11/h2-4H,1,5-10H2,(H,15,18)/p+1. The molecule has 1 saturated heterocycles. The number of hydrogen-bond donors (Lipinski definition) is 2. The molecule has 1 fully saturated rings. The Bertz CT molecular complexity index is 439. The maximum absolute atomic E-state index is 5.36. The molecule has 0 aromatic carbocycles. The Morgan fingerprint density at radius 3 is 2.84 bits per heavy atom. The number of thiocarbonyl (C=S) groups is 1. The van der Waals surface area contributed by atoms with Crippen molar-refractivity contribution >= 4 is 44.6 Å². The molecule has 3 nitrogen and oxygen atoms in total. The molecule has 19 heavy (non-hydrogen) atoms. The summed E-state index contributed by atoms with van der Waals surface area (Å²) in [7, 11) is 0. The van der Waals surface area contributed by atoms with Crippen molar-refractivity contribution in [2.24, 2.45) is 0 Å². The van der Waals surface area contributed by atoms with Crippen molar-refractivity contribution in [2.75, 3.05) is 32.7 Å². The van der Waals surface area contributed by atoms with Gasteiger partial charge in [0.1, 0.15) is 6.54 Å². The average molecular weight is 361 g/mol. The quantitative estimate of drug-likeness (QED) is 0.623. The van der Waals surface area contributed by atoms with Crippen LogP contribution in [0.2, 0.25) is 0 Å². The monoisotopic (exact) mass is 360 g/mol. The summed E-state index contributed by atoms with van der Waals surface area (Å²) in [5, 5.41) is 4.05. The number of nitrogens with one attached hydrogen (secondary N) is 2. The summed E-state index contributed by atoms with van der Waals surface area (Å²) in [4.78, 5) is 5.34. The summed E-state index contributed by atoms with van der Waals surface area (Å²) in [5.41, 5.74) is 0. The van der Waals surface area contributed by atoms with E-state index in [1.165, 1.54) is 8.66 Å². The summed E-state index contributed by atoms with van der Waals surface area (Å²) in [6, 6.07) is 4.34. The highest BCUT2D eigenvalue weighted by Gasteiger charge is 2.21. The molecule has 0 saturated carbocycles. The maximum Gasteiger partial charge on any atom is 0.169 e. The van der Waals surface area contributed by atoms with Crippen LogP contribution in [0, 0.1) is 0 Å². The van der Waals surface area contributed by atoms with E-state index in [2.05, 4.69) is 44.9 Å². The van der Waals surface area contributed by atoms with E-state index in [1.54, 1.807) is 4.90 Å². The van der Waals surface area contributed by atoms with Crippen LogP contribution in [0.4, 0.5) is 0 Å². The zero-order valence-electron chi connectivity index (χ0n) is 10.8. The van der Waals surface area contributed by atoms with E-state index in [1.807, 2.05) is 17.4 Å². The number of piperazine rings is 1. The molecule has 6 heteroatoms. The van der Waals surface area contributed by atoms with E-state index in [4.69, 9.17) is 12.2 Å². The predicted molar refractivity (Wildman–Crippen MR) is 88.8 cm³/mol. The molecule has 2 N–H and O–H groups in total. The van der Waals surface area contributed by atoms with Gasteiger partial charge in [-0.3, -0.25) is 0 Å². The minimum atomic E-state index is 0.745. The minimum Gasteiger partial charge on any atom is -0.359 e. The second kappa shape index (κ2) is 7.38. The fourth-order valence-electron chi connectivity index (χ4n) is 2.17. The van der Waals surface area contributed by atoms with Gasteiger partial charge in [0, 0.05) is 6.54 Å². The summed E-state index contributed by atoms with van der Waals surface area (Å²) in [5.74, 6) is 0. The number of thiophene rings is 1. The normalized spacial score (nSPS) is 16.4. The molecule has 1 aromatic heterocycles. The van der Waals surface area contributed by atoms with E-state index in [9.17, 15) is 0 Å². The van der Waals surface area contributed by atoms with Gasteiger partial charge in [-0.2, -0.15) is 0 Å². The van der Waals surface area contributed by atoms with Crippen LogP contribution in [-0.4, -0.2) is 42.7 Å². The smallest absolute Gasteiger partial charge is 0.169 e. The van der Waals surface area contributed by atoms with Crippen LogP contribution in [0.25, 0.3) is 0 Å². The first-order chi connectivity index (χ1) is 9.19. The highest BCUT2D eigenvalue weighted by Crippen LogP contribution is 2.21. The number of halogens is 1. The van der Waals surface area contributed by atoms with Gasteiger partial charge < -0.3 is 15.1 Å². The molecule has 2 heterocycles. The third-order valence-electron chi connectivity index (χ3n) is 3.21. The van der Waals surface area contributed by atoms with Crippen molar-refractivity contribution in [2.45, 2.75) is 6.54 Å². The number of rotatable bonds is 4. The fraction of sp³-hybridized carbons (Fsp3) is 0.462. The molecule has 0 atom stereocenters. The molecule has 0 unspecified atom stereocenters. The second-order valence-corrected chi connectivity index (χ2v) is 7.53. The molecule has 1 aromatic rings. The topological polar surface area (TPSA) is 19.7 Å². The zero-order chi connectivity index (χ0) is 13.7. The Labute approximate surface area is 132 Å². The average Bonchev–Trinajstić information content (AvgIpc) is 2.82. The van der Waals surface area contributed by atoms with Crippen molar-refractivity contribution in [3.8, 4) is 0 Å². The third kappa shape index (κ3) is 4.56. The van der Waals surface area contributed by atoms with Crippen LogP contribution in [0.15, 0.2) is 28.6 Å². The Hall–Kier alpha value is -0.430. The maximum atomic E-state index is 5.36. The molecule has 1 aliphatic heterocycles. The van der Waals surface area contributed by atoms with Crippen LogP contribution in [-0.2, 0) is 6.54 Å². The predicted octanol–water partition coefficient (Wildman–Crippen LogP) is 1.27. The second-order valence-electron chi connectivity index (χ2n) is 4.59. The van der Waals surface area contributed by atoms with Gasteiger partial charge >= 0.3 is 0 Å². The molecular formula is C13H19BrN3S2+. The van der Waals surface area contributed by atoms with Gasteiger partial charge in [0.2, 0.25) is 0 Å². The SMILES string of the molecule is C=CCNC(=S)N1CC[NH+](Cc2ccc(Br)s2)CC1. The van der Waals surface area contributed by atoms with Gasteiger partial charge in [-0.15, -0.1) is 17.9 Å². The molecule has 2 rings (SSSR count). The first kappa shape index (κ1) is 15.0. The van der Waals surface area contributed by atoms with Gasteiger partial charge in [0.05, 0.1) is 34.8 Å². The first-order valence-corrected chi connectivity index (χ1v) is 8.42. The molecule has 0 aliphatic carbocycles. The van der Waals surface area contributed by atoms with E-state index in [0.29, 0.717) is 0 Å². The van der Waals surface area contributed by atoms with Crippen LogP contribution in [0.5, 0.6) is 0 Å². The molecular weight excluding hydrogens is 342 g/mol. The molecule has 104 valence electrons. The lowest BCUT2D eigenvalue weighted by atomic mass is 10.3. The van der Waals surface area contributed by atoms with Gasteiger partial charge in [0.15, 0.2) is 5.11 Å². The van der Waals surface area contributed by atoms with Crippen molar-refractivity contribution in [3.05, 3.63) is 33.5 Å². The molecule has 0 amide bonds. The first-order valence-electron chi connectivity index (χ1n) is 6.40. The van der Waals surface area contributed by atoms with Crippen molar-refractivity contribution in [1.29, 1.82) is 0 Å². The van der Waals surface area contributed by atoms with Gasteiger partial charge in [-0.25, -0.2) is 0 Å². The Balaban J connectivity index is 1.76. The van der Waals surface area contributed by atoms with Crippen LogP contribution in [0.1, 0.15) is 4.88 Å². The van der Waals surface area contributed by atoms with Crippen molar-refractivity contribution in [1.82, 2.24) is 10.2 Å². The Morgan fingerprint density at radius 1 is 1.53 bits per heavy atom. The van der Waals surface area contributed by atoms with Crippen LogP contribution in [0.3, 0.4) is 0 Å². The van der Waals surface area contributed by atoms with E-state index in [0.717, 1.165) is 44.4 Å². The number of nitrogens with zero attached hydrogens (tertiary/aromatic N) is 1. The summed E-state index contributed by atoms with van der Waals surface area (Å²) >= 11 is 10.7. The molecule has 0 spiro atoms. The van der Waals surface area contributed by atoms with Gasteiger partial charge in [-0.1, -0.05) is 6.08 Å². The molecule has 0 bridgehead atoms. The highest BCUT2D eigenvalue weighted by atomic mass is 79.9. The van der Waals surface area contributed by atoms with Crippen LogP contribution >= 0.6 is 39.5 Å². The van der Waals surface area contributed by atoms with Crippen molar-refractivity contribution in [3.63, 3.8) is 0 Å². The molecule has 0 radical (unpaired) electrons. The van der Waals surface area contributed by atoms with E-state index in [-0.39, 0.29) is 0 Å². The Morgan fingerprint density at radius 2 is 2.26 bits per heavy atom. The van der Waals surface area contributed by atoms with E-state index >= 15 is 0 Å². The number of quaternary nitrogens is 1.